The fraction of sp³-hybridized carbons (Fsp3) is 0.136. The Labute approximate surface area is 200 Å². The van der Waals surface area contributed by atoms with Crippen molar-refractivity contribution in [2.24, 2.45) is 0 Å². The van der Waals surface area contributed by atoms with Gasteiger partial charge in [0.15, 0.2) is 0 Å². The molecule has 30 heavy (non-hydrogen) atoms. The lowest BCUT2D eigenvalue weighted by Crippen LogP contribution is -2.06. The summed E-state index contributed by atoms with van der Waals surface area (Å²) < 4.78 is 6.93. The number of hydrogen-bond acceptors (Lipinski definition) is 5. The largest absolute Gasteiger partial charge is 0.465 e. The molecule has 0 saturated carbocycles. The Kier molecular flexibility index (Phi) is 8.50. The predicted octanol–water partition coefficient (Wildman–Crippen LogP) is 7.30. The Hall–Kier alpha value is -1.67. The highest BCUT2D eigenvalue weighted by atomic mass is 79.9. The van der Waals surface area contributed by atoms with E-state index in [4.69, 9.17) is 16.3 Å². The van der Waals surface area contributed by atoms with Gasteiger partial charge in [0.25, 0.3) is 0 Å². The van der Waals surface area contributed by atoms with Crippen molar-refractivity contribution in [2.75, 3.05) is 12.4 Å². The second-order valence-electron chi connectivity index (χ2n) is 6.02. The number of nitrogens with zero attached hydrogens (tertiary/aromatic N) is 2. The van der Waals surface area contributed by atoms with Crippen molar-refractivity contribution in [3.05, 3.63) is 74.9 Å². The molecule has 0 N–H and O–H groups in total. The molecule has 4 nitrogen and oxygen atoms in total. The van der Waals surface area contributed by atoms with Crippen LogP contribution in [0.15, 0.2) is 74.8 Å². The van der Waals surface area contributed by atoms with Gasteiger partial charge in [-0.2, -0.15) is 0 Å². The number of esters is 1. The third-order valence-corrected chi connectivity index (χ3v) is 6.33. The van der Waals surface area contributed by atoms with E-state index in [1.807, 2.05) is 49.4 Å². The number of carbonyl (C=O) groups excluding carboxylic acids is 1. The highest BCUT2D eigenvalue weighted by molar-refractivity contribution is 9.10. The molecule has 0 spiro atoms. The molecule has 0 unspecified atom stereocenters. The summed E-state index contributed by atoms with van der Waals surface area (Å²) in [5, 5.41) is 2.76. The number of pyridine rings is 2. The molecule has 0 amide bonds. The van der Waals surface area contributed by atoms with Crippen molar-refractivity contribution >= 4 is 83.0 Å². The molecule has 8 heteroatoms. The van der Waals surface area contributed by atoms with Gasteiger partial charge in [-0.3, -0.25) is 14.8 Å². The van der Waals surface area contributed by atoms with Crippen molar-refractivity contribution in [1.29, 1.82) is 0 Å². The summed E-state index contributed by atoms with van der Waals surface area (Å²) in [5.41, 5.74) is 1.85. The molecule has 2 aromatic carbocycles. The van der Waals surface area contributed by atoms with Gasteiger partial charge in [0, 0.05) is 37.0 Å². The summed E-state index contributed by atoms with van der Waals surface area (Å²) in [7, 11) is 0. The van der Waals surface area contributed by atoms with Gasteiger partial charge < -0.3 is 4.74 Å². The SMILES string of the molecule is CCOC(=O)CSc1ccnc2ccc(Br)cc12.Clc1ccnc2ccc(Br)cc12. The number of thioether (sulfide) groups is 1. The number of halogens is 3. The number of aromatic nitrogens is 2. The zero-order valence-electron chi connectivity index (χ0n) is 15.9. The van der Waals surface area contributed by atoms with Crippen LogP contribution in [-0.4, -0.2) is 28.3 Å². The maximum Gasteiger partial charge on any atom is 0.316 e. The number of hydrogen-bond donors (Lipinski definition) is 0. The number of rotatable bonds is 4. The van der Waals surface area contributed by atoms with Crippen LogP contribution in [-0.2, 0) is 9.53 Å². The van der Waals surface area contributed by atoms with Crippen molar-refractivity contribution in [3.8, 4) is 0 Å². The van der Waals surface area contributed by atoms with E-state index in [1.165, 1.54) is 11.8 Å². The van der Waals surface area contributed by atoms with Crippen molar-refractivity contribution < 1.29 is 9.53 Å². The third kappa shape index (κ3) is 6.17. The lowest BCUT2D eigenvalue weighted by molar-refractivity contribution is -0.139. The predicted molar refractivity (Wildman–Crippen MR) is 131 cm³/mol. The molecule has 0 aliphatic carbocycles. The average molecular weight is 569 g/mol. The van der Waals surface area contributed by atoms with Crippen molar-refractivity contribution in [1.82, 2.24) is 9.97 Å². The fourth-order valence-electron chi connectivity index (χ4n) is 2.64. The minimum Gasteiger partial charge on any atom is -0.465 e. The lowest BCUT2D eigenvalue weighted by atomic mass is 10.2. The number of ether oxygens (including phenoxy) is 1. The van der Waals surface area contributed by atoms with Gasteiger partial charge in [-0.15, -0.1) is 11.8 Å². The first-order valence-corrected chi connectivity index (χ1v) is 12.0. The van der Waals surface area contributed by atoms with Crippen LogP contribution in [0.4, 0.5) is 0 Å². The highest BCUT2D eigenvalue weighted by Crippen LogP contribution is 2.29. The smallest absolute Gasteiger partial charge is 0.316 e. The first-order chi connectivity index (χ1) is 14.5. The van der Waals surface area contributed by atoms with Gasteiger partial charge in [0.1, 0.15) is 0 Å². The molecule has 2 aromatic heterocycles. The summed E-state index contributed by atoms with van der Waals surface area (Å²) in [6.45, 7) is 2.23. The molecule has 0 radical (unpaired) electrons. The van der Waals surface area contributed by atoms with Gasteiger partial charge in [-0.25, -0.2) is 0 Å². The molecule has 2 heterocycles. The Morgan fingerprint density at radius 1 is 0.967 bits per heavy atom. The van der Waals surface area contributed by atoms with Crippen LogP contribution in [0, 0.1) is 0 Å². The van der Waals surface area contributed by atoms with E-state index in [9.17, 15) is 4.79 Å². The maximum atomic E-state index is 11.4. The quantitative estimate of drug-likeness (QED) is 0.191. The summed E-state index contributed by atoms with van der Waals surface area (Å²) in [6, 6.07) is 15.5. The molecular weight excluding hydrogens is 552 g/mol. The van der Waals surface area contributed by atoms with E-state index >= 15 is 0 Å². The zero-order chi connectivity index (χ0) is 21.5. The molecule has 0 aliphatic heterocycles. The molecule has 0 saturated heterocycles. The topological polar surface area (TPSA) is 52.1 Å². The van der Waals surface area contributed by atoms with Gasteiger partial charge in [-0.05, 0) is 55.5 Å². The van der Waals surface area contributed by atoms with Gasteiger partial charge in [-0.1, -0.05) is 43.5 Å². The molecule has 4 aromatic rings. The Morgan fingerprint density at radius 3 is 2.23 bits per heavy atom. The lowest BCUT2D eigenvalue weighted by Gasteiger charge is -2.06. The Bertz CT molecular complexity index is 1190. The summed E-state index contributed by atoms with van der Waals surface area (Å²) in [6.07, 6.45) is 3.46. The maximum absolute atomic E-state index is 11.4. The summed E-state index contributed by atoms with van der Waals surface area (Å²) in [4.78, 5) is 20.9. The van der Waals surface area contributed by atoms with E-state index in [0.717, 1.165) is 40.7 Å². The molecular formula is C22H17Br2ClN2O2S. The Balaban J connectivity index is 0.000000184. The fourth-order valence-corrected chi connectivity index (χ4v) is 4.41. The third-order valence-electron chi connectivity index (χ3n) is 3.96. The highest BCUT2D eigenvalue weighted by Gasteiger charge is 2.07. The second-order valence-corrected chi connectivity index (χ2v) is 9.27. The van der Waals surface area contributed by atoms with Gasteiger partial charge in [0.05, 0.1) is 28.4 Å². The van der Waals surface area contributed by atoms with Crippen LogP contribution in [0.2, 0.25) is 5.02 Å². The molecule has 4 rings (SSSR count). The van der Waals surface area contributed by atoms with Crippen LogP contribution in [0.3, 0.4) is 0 Å². The van der Waals surface area contributed by atoms with Crippen LogP contribution in [0.1, 0.15) is 6.92 Å². The van der Waals surface area contributed by atoms with Crippen LogP contribution in [0.5, 0.6) is 0 Å². The standard InChI is InChI=1S/C13H12BrNO2S.C9H5BrClN/c1-2-17-13(16)8-18-12-5-6-15-11-4-3-9(14)7-10(11)12;10-6-1-2-9-7(5-6)8(11)3-4-12-9/h3-7H,2,8H2,1H3;1-5H. The zero-order valence-corrected chi connectivity index (χ0v) is 20.7. The first kappa shape index (κ1) is 23.0. The van der Waals surface area contributed by atoms with E-state index < -0.39 is 0 Å². The van der Waals surface area contributed by atoms with Crippen LogP contribution < -0.4 is 0 Å². The van der Waals surface area contributed by atoms with Crippen molar-refractivity contribution in [3.63, 3.8) is 0 Å². The second kappa shape index (κ2) is 11.1. The first-order valence-electron chi connectivity index (χ1n) is 9.00. The van der Waals surface area contributed by atoms with E-state index in [-0.39, 0.29) is 5.97 Å². The molecule has 0 bridgehead atoms. The number of fused-ring (bicyclic) bond motifs is 2. The van der Waals surface area contributed by atoms with Gasteiger partial charge >= 0.3 is 5.97 Å². The Morgan fingerprint density at radius 2 is 1.57 bits per heavy atom. The average Bonchev–Trinajstić information content (AvgIpc) is 2.73. The van der Waals surface area contributed by atoms with Crippen molar-refractivity contribution in [2.45, 2.75) is 11.8 Å². The van der Waals surface area contributed by atoms with Crippen LogP contribution in [0.25, 0.3) is 21.8 Å². The minimum absolute atomic E-state index is 0.192. The minimum atomic E-state index is -0.192. The summed E-state index contributed by atoms with van der Waals surface area (Å²) in [5.74, 6) is 0.127. The van der Waals surface area contributed by atoms with E-state index in [2.05, 4.69) is 41.8 Å². The molecule has 0 atom stereocenters. The number of benzene rings is 2. The monoisotopic (exact) mass is 566 g/mol. The van der Waals surface area contributed by atoms with Gasteiger partial charge in [0.2, 0.25) is 0 Å². The molecule has 154 valence electrons. The van der Waals surface area contributed by atoms with Crippen LogP contribution >= 0.6 is 55.2 Å². The normalized spacial score (nSPS) is 10.5. The summed E-state index contributed by atoms with van der Waals surface area (Å²) >= 11 is 14.3. The van der Waals surface area contributed by atoms with E-state index in [1.54, 1.807) is 18.5 Å². The van der Waals surface area contributed by atoms with E-state index in [0.29, 0.717) is 12.4 Å². The molecule has 0 fully saturated rings. The number of carbonyl (C=O) groups is 1. The molecule has 0 aliphatic rings.